The van der Waals surface area contributed by atoms with E-state index in [9.17, 15) is 10.2 Å². The van der Waals surface area contributed by atoms with Crippen molar-refractivity contribution in [1.29, 1.82) is 0 Å². The third kappa shape index (κ3) is 4.76. The average molecular weight is 388 g/mol. The fraction of sp³-hybridized carbons (Fsp3) is 0.308. The van der Waals surface area contributed by atoms with Crippen molar-refractivity contribution in [2.24, 2.45) is 0 Å². The molecule has 1 aliphatic heterocycles. The van der Waals surface area contributed by atoms with E-state index in [0.29, 0.717) is 19.3 Å². The second-order valence-electron chi connectivity index (χ2n) is 8.11. The number of aliphatic hydroxyl groups excluding tert-OH is 1. The molecule has 1 unspecified atom stereocenters. The molecule has 150 valence electrons. The lowest BCUT2D eigenvalue weighted by atomic mass is 9.83. The molecule has 2 N–H and O–H groups in total. The quantitative estimate of drug-likeness (QED) is 0.643. The Labute approximate surface area is 173 Å². The highest BCUT2D eigenvalue weighted by Crippen LogP contribution is 2.37. The van der Waals surface area contributed by atoms with Crippen LogP contribution in [0.5, 0.6) is 0 Å². The summed E-state index contributed by atoms with van der Waals surface area (Å²) in [5.41, 5.74) is 2.58. The molecule has 4 rings (SSSR count). The molecule has 0 saturated carbocycles. The number of likely N-dealkylation sites (tertiary alicyclic amines) is 1. The van der Waals surface area contributed by atoms with Gasteiger partial charge < -0.3 is 10.2 Å². The summed E-state index contributed by atoms with van der Waals surface area (Å²) >= 11 is 0. The summed E-state index contributed by atoms with van der Waals surface area (Å²) in [6, 6.07) is 31.0. The fourth-order valence-corrected chi connectivity index (χ4v) is 4.44. The van der Waals surface area contributed by atoms with Crippen molar-refractivity contribution in [2.75, 3.05) is 13.1 Å². The third-order valence-electron chi connectivity index (χ3n) is 6.08. The summed E-state index contributed by atoms with van der Waals surface area (Å²) in [6.45, 7) is 1.60. The van der Waals surface area contributed by atoms with Gasteiger partial charge in [-0.2, -0.15) is 0 Å². The molecule has 3 aromatic carbocycles. The number of rotatable bonds is 6. The van der Waals surface area contributed by atoms with Gasteiger partial charge in [0.2, 0.25) is 0 Å². The van der Waals surface area contributed by atoms with E-state index in [4.69, 9.17) is 0 Å². The molecule has 0 bridgehead atoms. The summed E-state index contributed by atoms with van der Waals surface area (Å²) in [4.78, 5) is 2.45. The normalized spacial score (nSPS) is 17.9. The van der Waals surface area contributed by atoms with E-state index in [-0.39, 0.29) is 6.04 Å². The van der Waals surface area contributed by atoms with Crippen LogP contribution < -0.4 is 0 Å². The third-order valence-corrected chi connectivity index (χ3v) is 6.08. The van der Waals surface area contributed by atoms with Crippen molar-refractivity contribution in [3.63, 3.8) is 0 Å². The molecule has 0 spiro atoms. The summed E-state index contributed by atoms with van der Waals surface area (Å²) in [5, 5.41) is 21.8. The molecule has 3 aromatic rings. The van der Waals surface area contributed by atoms with E-state index in [2.05, 4.69) is 53.4 Å². The van der Waals surface area contributed by atoms with Crippen LogP contribution in [0.25, 0.3) is 0 Å². The number of piperidine rings is 1. The highest BCUT2D eigenvalue weighted by atomic mass is 16.3. The van der Waals surface area contributed by atoms with Crippen LogP contribution >= 0.6 is 0 Å². The number of hydrogen-bond acceptors (Lipinski definition) is 3. The Morgan fingerprint density at radius 2 is 1.10 bits per heavy atom. The van der Waals surface area contributed by atoms with Gasteiger partial charge in [0.25, 0.3) is 0 Å². The van der Waals surface area contributed by atoms with Crippen molar-refractivity contribution in [3.8, 4) is 0 Å². The summed E-state index contributed by atoms with van der Waals surface area (Å²) < 4.78 is 0. The zero-order chi connectivity index (χ0) is 20.1. The van der Waals surface area contributed by atoms with Gasteiger partial charge in [-0.15, -0.1) is 0 Å². The molecule has 0 radical (unpaired) electrons. The van der Waals surface area contributed by atoms with Crippen molar-refractivity contribution < 1.29 is 10.2 Å². The van der Waals surface area contributed by atoms with Gasteiger partial charge in [0.05, 0.1) is 17.7 Å². The standard InChI is InChI=1S/C26H29NO2/c28-24(21-10-4-1-5-11-21)20-26(29)16-18-27(19-17-26)25(22-12-6-2-7-13-22)23-14-8-3-9-15-23/h1-15,24-25,28-29H,16-20H2. The van der Waals surface area contributed by atoms with Crippen LogP contribution in [-0.4, -0.2) is 33.8 Å². The topological polar surface area (TPSA) is 43.7 Å². The number of aliphatic hydroxyl groups is 2. The second kappa shape index (κ2) is 8.91. The monoisotopic (exact) mass is 387 g/mol. The number of benzene rings is 3. The molecule has 1 saturated heterocycles. The maximum absolute atomic E-state index is 11.2. The summed E-state index contributed by atoms with van der Waals surface area (Å²) in [5.74, 6) is 0. The van der Waals surface area contributed by atoms with Gasteiger partial charge in [0.1, 0.15) is 0 Å². The Hall–Kier alpha value is -2.46. The Morgan fingerprint density at radius 3 is 1.55 bits per heavy atom. The molecule has 3 heteroatoms. The van der Waals surface area contributed by atoms with E-state index >= 15 is 0 Å². The van der Waals surface area contributed by atoms with Gasteiger partial charge in [-0.05, 0) is 29.5 Å². The van der Waals surface area contributed by atoms with Gasteiger partial charge in [-0.3, -0.25) is 4.90 Å². The van der Waals surface area contributed by atoms with Crippen LogP contribution in [0, 0.1) is 0 Å². The lowest BCUT2D eigenvalue weighted by Crippen LogP contribution is -2.46. The molecular formula is C26H29NO2. The van der Waals surface area contributed by atoms with Crippen molar-refractivity contribution in [2.45, 2.75) is 37.0 Å². The zero-order valence-electron chi connectivity index (χ0n) is 16.7. The molecule has 29 heavy (non-hydrogen) atoms. The van der Waals surface area contributed by atoms with E-state index in [1.807, 2.05) is 42.5 Å². The maximum atomic E-state index is 11.2. The molecule has 1 heterocycles. The average Bonchev–Trinajstić information content (AvgIpc) is 2.77. The lowest BCUT2D eigenvalue weighted by molar-refractivity contribution is -0.0599. The van der Waals surface area contributed by atoms with Crippen LogP contribution in [0.1, 0.15) is 48.1 Å². The van der Waals surface area contributed by atoms with Gasteiger partial charge in [0.15, 0.2) is 0 Å². The fourth-order valence-electron chi connectivity index (χ4n) is 4.44. The van der Waals surface area contributed by atoms with Gasteiger partial charge in [-0.25, -0.2) is 0 Å². The molecule has 0 aromatic heterocycles. The predicted molar refractivity (Wildman–Crippen MR) is 117 cm³/mol. The molecule has 1 aliphatic rings. The van der Waals surface area contributed by atoms with Gasteiger partial charge in [0, 0.05) is 19.5 Å². The Kier molecular flexibility index (Phi) is 6.10. The van der Waals surface area contributed by atoms with Crippen LogP contribution in [0.2, 0.25) is 0 Å². The van der Waals surface area contributed by atoms with Gasteiger partial charge >= 0.3 is 0 Å². The van der Waals surface area contributed by atoms with Crippen LogP contribution in [0.4, 0.5) is 0 Å². The van der Waals surface area contributed by atoms with Crippen LogP contribution in [0.15, 0.2) is 91.0 Å². The number of hydrogen-bond donors (Lipinski definition) is 2. The molecule has 0 aliphatic carbocycles. The van der Waals surface area contributed by atoms with Crippen molar-refractivity contribution in [3.05, 3.63) is 108 Å². The minimum Gasteiger partial charge on any atom is -0.390 e. The first-order valence-electron chi connectivity index (χ1n) is 10.4. The van der Waals surface area contributed by atoms with E-state index < -0.39 is 11.7 Å². The summed E-state index contributed by atoms with van der Waals surface area (Å²) in [7, 11) is 0. The maximum Gasteiger partial charge on any atom is 0.0817 e. The molecular weight excluding hydrogens is 358 g/mol. The van der Waals surface area contributed by atoms with E-state index in [1.54, 1.807) is 0 Å². The van der Waals surface area contributed by atoms with Crippen molar-refractivity contribution >= 4 is 0 Å². The smallest absolute Gasteiger partial charge is 0.0817 e. The zero-order valence-corrected chi connectivity index (χ0v) is 16.7. The first-order chi connectivity index (χ1) is 14.1. The lowest BCUT2D eigenvalue weighted by Gasteiger charge is -2.42. The van der Waals surface area contributed by atoms with E-state index in [1.165, 1.54) is 11.1 Å². The number of nitrogens with zero attached hydrogens (tertiary/aromatic N) is 1. The van der Waals surface area contributed by atoms with Crippen LogP contribution in [-0.2, 0) is 0 Å². The SMILES string of the molecule is OC(CC1(O)CCN(C(c2ccccc2)c2ccccc2)CC1)c1ccccc1. The summed E-state index contributed by atoms with van der Waals surface area (Å²) in [6.07, 6.45) is 1.07. The highest BCUT2D eigenvalue weighted by molar-refractivity contribution is 5.32. The minimum absolute atomic E-state index is 0.181. The highest BCUT2D eigenvalue weighted by Gasteiger charge is 2.37. The van der Waals surface area contributed by atoms with Gasteiger partial charge in [-0.1, -0.05) is 91.0 Å². The predicted octanol–water partition coefficient (Wildman–Crippen LogP) is 4.73. The Morgan fingerprint density at radius 1 is 0.690 bits per heavy atom. The minimum atomic E-state index is -0.830. The first-order valence-corrected chi connectivity index (χ1v) is 10.4. The Bertz CT molecular complexity index is 835. The first kappa shape index (κ1) is 19.8. The molecule has 0 amide bonds. The second-order valence-corrected chi connectivity index (χ2v) is 8.11. The molecule has 1 fully saturated rings. The largest absolute Gasteiger partial charge is 0.390 e. The van der Waals surface area contributed by atoms with Crippen molar-refractivity contribution in [1.82, 2.24) is 4.90 Å². The molecule has 3 nitrogen and oxygen atoms in total. The van der Waals surface area contributed by atoms with Crippen LogP contribution in [0.3, 0.4) is 0 Å². The van der Waals surface area contributed by atoms with E-state index in [0.717, 1.165) is 18.7 Å². The Balaban J connectivity index is 1.48. The molecule has 1 atom stereocenters.